The summed E-state index contributed by atoms with van der Waals surface area (Å²) in [6, 6.07) is 0. The molecular weight excluding hydrogens is 166 g/mol. The van der Waals surface area contributed by atoms with Crippen molar-refractivity contribution in [3.8, 4) is 0 Å². The minimum atomic E-state index is -0.553. The smallest absolute Gasteiger partial charge is 0.135 e. The number of ketones is 1. The van der Waals surface area contributed by atoms with Gasteiger partial charge in [-0.25, -0.2) is 0 Å². The average Bonchev–Trinajstić information content (AvgIpc) is 2.05. The van der Waals surface area contributed by atoms with E-state index in [0.29, 0.717) is 19.4 Å². The molecule has 0 aliphatic heterocycles. The highest BCUT2D eigenvalue weighted by atomic mass is 16.3. The predicted molar refractivity (Wildman–Crippen MR) is 53.4 cm³/mol. The lowest BCUT2D eigenvalue weighted by Crippen LogP contribution is -2.17. The zero-order chi connectivity index (χ0) is 10.1. The number of hydrogen-bond donors (Lipinski definition) is 2. The van der Waals surface area contributed by atoms with Crippen molar-refractivity contribution in [1.82, 2.24) is 0 Å². The highest BCUT2D eigenvalue weighted by Gasteiger charge is 2.08. The first-order chi connectivity index (χ1) is 6.20. The fraction of sp³-hybridized carbons (Fsp3) is 0.700. The third kappa shape index (κ3) is 7.68. The number of aliphatic hydroxyl groups is 1. The lowest BCUT2D eigenvalue weighted by molar-refractivity contribution is -0.120. The SMILES string of the molecule is CC=CCCC(=O)CC(O)CCN. The van der Waals surface area contributed by atoms with Crippen LogP contribution < -0.4 is 5.73 Å². The van der Waals surface area contributed by atoms with Crippen LogP contribution in [-0.2, 0) is 4.79 Å². The van der Waals surface area contributed by atoms with Crippen molar-refractivity contribution in [3.05, 3.63) is 12.2 Å². The van der Waals surface area contributed by atoms with Gasteiger partial charge in [0.05, 0.1) is 6.10 Å². The average molecular weight is 185 g/mol. The molecule has 76 valence electrons. The summed E-state index contributed by atoms with van der Waals surface area (Å²) in [5.74, 6) is 0.110. The highest BCUT2D eigenvalue weighted by molar-refractivity contribution is 5.78. The number of carbonyl (C=O) groups excluding carboxylic acids is 1. The summed E-state index contributed by atoms with van der Waals surface area (Å²) < 4.78 is 0. The third-order valence-electron chi connectivity index (χ3n) is 1.79. The number of allylic oxidation sites excluding steroid dienone is 2. The van der Waals surface area contributed by atoms with Gasteiger partial charge in [-0.2, -0.15) is 0 Å². The van der Waals surface area contributed by atoms with Gasteiger partial charge in [0.25, 0.3) is 0 Å². The molecule has 0 amide bonds. The maximum atomic E-state index is 11.2. The van der Waals surface area contributed by atoms with Crippen LogP contribution in [0.25, 0.3) is 0 Å². The molecule has 13 heavy (non-hydrogen) atoms. The van der Waals surface area contributed by atoms with Gasteiger partial charge in [-0.3, -0.25) is 4.79 Å². The summed E-state index contributed by atoms with van der Waals surface area (Å²) in [5.41, 5.74) is 5.24. The first-order valence-corrected chi connectivity index (χ1v) is 4.71. The third-order valence-corrected chi connectivity index (χ3v) is 1.79. The molecule has 0 aliphatic carbocycles. The standard InChI is InChI=1S/C10H19NO2/c1-2-3-4-5-9(12)8-10(13)6-7-11/h2-3,10,13H,4-8,11H2,1H3. The van der Waals surface area contributed by atoms with Crippen LogP contribution in [0.15, 0.2) is 12.2 Å². The summed E-state index contributed by atoms with van der Waals surface area (Å²) in [6.07, 6.45) is 5.36. The van der Waals surface area contributed by atoms with E-state index >= 15 is 0 Å². The van der Waals surface area contributed by atoms with Crippen LogP contribution in [0.1, 0.15) is 32.6 Å². The van der Waals surface area contributed by atoms with E-state index in [9.17, 15) is 9.90 Å². The maximum Gasteiger partial charge on any atom is 0.135 e. The molecule has 0 saturated carbocycles. The molecule has 1 atom stereocenters. The summed E-state index contributed by atoms with van der Waals surface area (Å²) in [5, 5.41) is 9.26. The van der Waals surface area contributed by atoms with E-state index in [-0.39, 0.29) is 12.2 Å². The van der Waals surface area contributed by atoms with Gasteiger partial charge < -0.3 is 10.8 Å². The van der Waals surface area contributed by atoms with Gasteiger partial charge in [0.1, 0.15) is 5.78 Å². The number of rotatable bonds is 7. The summed E-state index contributed by atoms with van der Waals surface area (Å²) in [4.78, 5) is 11.2. The van der Waals surface area contributed by atoms with Crippen LogP contribution in [0, 0.1) is 0 Å². The molecule has 0 spiro atoms. The number of aliphatic hydroxyl groups excluding tert-OH is 1. The minimum absolute atomic E-state index is 0.110. The quantitative estimate of drug-likeness (QED) is 0.582. The van der Waals surface area contributed by atoms with Crippen molar-refractivity contribution in [2.24, 2.45) is 5.73 Å². The zero-order valence-electron chi connectivity index (χ0n) is 8.20. The Hall–Kier alpha value is -0.670. The molecule has 0 radical (unpaired) electrons. The topological polar surface area (TPSA) is 63.3 Å². The molecule has 0 aromatic rings. The Balaban J connectivity index is 3.49. The van der Waals surface area contributed by atoms with Gasteiger partial charge >= 0.3 is 0 Å². The second-order valence-electron chi connectivity index (χ2n) is 3.08. The van der Waals surface area contributed by atoms with Crippen molar-refractivity contribution in [2.45, 2.75) is 38.7 Å². The fourth-order valence-electron chi connectivity index (χ4n) is 1.07. The molecule has 3 nitrogen and oxygen atoms in total. The monoisotopic (exact) mass is 185 g/mol. The Morgan fingerprint density at radius 1 is 1.62 bits per heavy atom. The molecule has 1 unspecified atom stereocenters. The van der Waals surface area contributed by atoms with Gasteiger partial charge in [0.15, 0.2) is 0 Å². The van der Waals surface area contributed by atoms with E-state index < -0.39 is 6.10 Å². The molecule has 0 fully saturated rings. The molecule has 0 saturated heterocycles. The predicted octanol–water partition coefficient (Wildman–Crippen LogP) is 1.01. The maximum absolute atomic E-state index is 11.2. The molecular formula is C10H19NO2. The number of carbonyl (C=O) groups is 1. The van der Waals surface area contributed by atoms with Crippen molar-refractivity contribution in [2.75, 3.05) is 6.54 Å². The number of nitrogens with two attached hydrogens (primary N) is 1. The van der Waals surface area contributed by atoms with Gasteiger partial charge in [-0.15, -0.1) is 0 Å². The van der Waals surface area contributed by atoms with E-state index in [0.717, 1.165) is 6.42 Å². The van der Waals surface area contributed by atoms with Gasteiger partial charge in [0.2, 0.25) is 0 Å². The second-order valence-corrected chi connectivity index (χ2v) is 3.08. The normalized spacial score (nSPS) is 13.5. The number of Topliss-reactive ketones (excluding diaryl/α,β-unsaturated/α-hetero) is 1. The van der Waals surface area contributed by atoms with Gasteiger partial charge in [0, 0.05) is 12.8 Å². The lowest BCUT2D eigenvalue weighted by atomic mass is 10.1. The number of hydrogen-bond acceptors (Lipinski definition) is 3. The summed E-state index contributed by atoms with van der Waals surface area (Å²) >= 11 is 0. The molecule has 0 rings (SSSR count). The van der Waals surface area contributed by atoms with Crippen molar-refractivity contribution < 1.29 is 9.90 Å². The van der Waals surface area contributed by atoms with Gasteiger partial charge in [-0.1, -0.05) is 12.2 Å². The Morgan fingerprint density at radius 2 is 2.31 bits per heavy atom. The van der Waals surface area contributed by atoms with Crippen LogP contribution in [0.4, 0.5) is 0 Å². The Kier molecular flexibility index (Phi) is 7.54. The van der Waals surface area contributed by atoms with Crippen LogP contribution in [0.2, 0.25) is 0 Å². The molecule has 0 bridgehead atoms. The molecule has 0 aromatic heterocycles. The van der Waals surface area contributed by atoms with E-state index in [4.69, 9.17) is 5.73 Å². The highest BCUT2D eigenvalue weighted by Crippen LogP contribution is 2.02. The minimum Gasteiger partial charge on any atom is -0.393 e. The first kappa shape index (κ1) is 12.3. The largest absolute Gasteiger partial charge is 0.393 e. The van der Waals surface area contributed by atoms with Crippen molar-refractivity contribution in [1.29, 1.82) is 0 Å². The molecule has 0 aromatic carbocycles. The second kappa shape index (κ2) is 7.95. The Labute approximate surface area is 79.6 Å². The van der Waals surface area contributed by atoms with Crippen LogP contribution in [0.3, 0.4) is 0 Å². The first-order valence-electron chi connectivity index (χ1n) is 4.71. The molecule has 3 N–H and O–H groups in total. The molecule has 0 aliphatic rings. The lowest BCUT2D eigenvalue weighted by Gasteiger charge is -2.06. The van der Waals surface area contributed by atoms with E-state index in [2.05, 4.69) is 0 Å². The van der Waals surface area contributed by atoms with E-state index in [1.54, 1.807) is 0 Å². The van der Waals surface area contributed by atoms with Crippen LogP contribution >= 0.6 is 0 Å². The van der Waals surface area contributed by atoms with Gasteiger partial charge in [-0.05, 0) is 26.3 Å². The van der Waals surface area contributed by atoms with Crippen LogP contribution in [-0.4, -0.2) is 23.5 Å². The van der Waals surface area contributed by atoms with Crippen molar-refractivity contribution in [3.63, 3.8) is 0 Å². The van der Waals surface area contributed by atoms with Crippen LogP contribution in [0.5, 0.6) is 0 Å². The zero-order valence-corrected chi connectivity index (χ0v) is 8.20. The fourth-order valence-corrected chi connectivity index (χ4v) is 1.07. The summed E-state index contributed by atoms with van der Waals surface area (Å²) in [6.45, 7) is 2.36. The summed E-state index contributed by atoms with van der Waals surface area (Å²) in [7, 11) is 0. The van der Waals surface area contributed by atoms with Crippen molar-refractivity contribution >= 4 is 5.78 Å². The van der Waals surface area contributed by atoms with E-state index in [1.807, 2.05) is 19.1 Å². The Morgan fingerprint density at radius 3 is 2.85 bits per heavy atom. The molecule has 0 heterocycles. The Bertz CT molecular complexity index is 166. The van der Waals surface area contributed by atoms with E-state index in [1.165, 1.54) is 0 Å². The molecule has 3 heteroatoms.